The van der Waals surface area contributed by atoms with Gasteiger partial charge in [-0.1, -0.05) is 28.1 Å². The molecule has 0 amide bonds. The summed E-state index contributed by atoms with van der Waals surface area (Å²) in [5.41, 5.74) is 3.10. The molecule has 2 nitrogen and oxygen atoms in total. The maximum atomic E-state index is 8.91. The lowest BCUT2D eigenvalue weighted by Crippen LogP contribution is -1.97. The maximum absolute atomic E-state index is 8.91. The van der Waals surface area contributed by atoms with Gasteiger partial charge < -0.3 is 4.57 Å². The number of nitrogens with zero attached hydrogens (tertiary/aromatic N) is 2. The van der Waals surface area contributed by atoms with Gasteiger partial charge in [0.2, 0.25) is 0 Å². The van der Waals surface area contributed by atoms with E-state index in [1.54, 1.807) is 0 Å². The molecule has 1 aromatic heterocycles. The minimum atomic E-state index is 0.702. The molecule has 2 aromatic carbocycles. The highest BCUT2D eigenvalue weighted by Gasteiger charge is 2.03. The number of benzene rings is 2. The molecule has 3 aromatic rings. The molecule has 0 spiro atoms. The quantitative estimate of drug-likeness (QED) is 0.693. The molecule has 0 aliphatic heterocycles. The molecule has 0 aliphatic carbocycles. The van der Waals surface area contributed by atoms with Crippen LogP contribution in [0.5, 0.6) is 0 Å². The normalized spacial score (nSPS) is 10.5. The fourth-order valence-electron chi connectivity index (χ4n) is 2.24. The van der Waals surface area contributed by atoms with Crippen LogP contribution in [0.4, 0.5) is 0 Å². The van der Waals surface area contributed by atoms with Crippen LogP contribution in [0.1, 0.15) is 11.1 Å². The van der Waals surface area contributed by atoms with Crippen molar-refractivity contribution >= 4 is 26.8 Å². The fourth-order valence-corrected chi connectivity index (χ4v) is 2.69. The zero-order valence-corrected chi connectivity index (χ0v) is 11.8. The van der Waals surface area contributed by atoms with Crippen LogP contribution < -0.4 is 0 Å². The molecule has 3 rings (SSSR count). The maximum Gasteiger partial charge on any atom is 0.0991 e. The molecule has 0 saturated carbocycles. The second kappa shape index (κ2) is 4.91. The van der Waals surface area contributed by atoms with Gasteiger partial charge in [0, 0.05) is 28.1 Å². The van der Waals surface area contributed by atoms with Crippen molar-refractivity contribution in [2.45, 2.75) is 6.54 Å². The predicted molar refractivity (Wildman–Crippen MR) is 79.9 cm³/mol. The first-order valence-corrected chi connectivity index (χ1v) is 6.79. The standard InChI is InChI=1S/C16H11BrN2/c17-15-3-1-2-13(9-15)11-19-7-6-14-8-12(10-18)4-5-16(14)19/h1-9H,11H2. The Hall–Kier alpha value is -2.05. The van der Waals surface area contributed by atoms with Gasteiger partial charge in [0.05, 0.1) is 11.6 Å². The molecule has 0 atom stereocenters. The molecule has 0 saturated heterocycles. The van der Waals surface area contributed by atoms with E-state index in [0.29, 0.717) is 5.56 Å². The predicted octanol–water partition coefficient (Wildman–Crippen LogP) is 4.32. The minimum Gasteiger partial charge on any atom is -0.343 e. The highest BCUT2D eigenvalue weighted by atomic mass is 79.9. The van der Waals surface area contributed by atoms with E-state index in [2.05, 4.69) is 44.9 Å². The number of rotatable bonds is 2. The van der Waals surface area contributed by atoms with E-state index in [1.807, 2.05) is 36.4 Å². The largest absolute Gasteiger partial charge is 0.343 e. The van der Waals surface area contributed by atoms with Crippen LogP contribution in [0.15, 0.2) is 59.2 Å². The van der Waals surface area contributed by atoms with Crippen LogP contribution in [-0.4, -0.2) is 4.57 Å². The summed E-state index contributed by atoms with van der Waals surface area (Å²) in [6.07, 6.45) is 2.06. The fraction of sp³-hybridized carbons (Fsp3) is 0.0625. The van der Waals surface area contributed by atoms with Crippen LogP contribution in [0.2, 0.25) is 0 Å². The Bertz CT molecular complexity index is 781. The summed E-state index contributed by atoms with van der Waals surface area (Å²) in [7, 11) is 0. The number of fused-ring (bicyclic) bond motifs is 1. The van der Waals surface area contributed by atoms with Gasteiger partial charge in [-0.25, -0.2) is 0 Å². The number of hydrogen-bond acceptors (Lipinski definition) is 1. The summed E-state index contributed by atoms with van der Waals surface area (Å²) >= 11 is 3.49. The molecular formula is C16H11BrN2. The van der Waals surface area contributed by atoms with Gasteiger partial charge in [-0.2, -0.15) is 5.26 Å². The number of halogens is 1. The molecular weight excluding hydrogens is 300 g/mol. The van der Waals surface area contributed by atoms with Gasteiger partial charge in [0.15, 0.2) is 0 Å². The van der Waals surface area contributed by atoms with Crippen molar-refractivity contribution in [1.29, 1.82) is 5.26 Å². The van der Waals surface area contributed by atoms with E-state index in [4.69, 9.17) is 5.26 Å². The number of nitriles is 1. The Morgan fingerprint density at radius 1 is 1.11 bits per heavy atom. The molecule has 0 aliphatic rings. The second-order valence-corrected chi connectivity index (χ2v) is 5.37. The van der Waals surface area contributed by atoms with E-state index in [-0.39, 0.29) is 0 Å². The van der Waals surface area contributed by atoms with Gasteiger partial charge >= 0.3 is 0 Å². The van der Waals surface area contributed by atoms with Gasteiger partial charge in [-0.3, -0.25) is 0 Å². The number of aromatic nitrogens is 1. The highest BCUT2D eigenvalue weighted by Crippen LogP contribution is 2.20. The minimum absolute atomic E-state index is 0.702. The summed E-state index contributed by atoms with van der Waals surface area (Å²) in [5.74, 6) is 0. The van der Waals surface area contributed by atoms with E-state index in [0.717, 1.165) is 21.9 Å². The third-order valence-corrected chi connectivity index (χ3v) is 3.64. The van der Waals surface area contributed by atoms with E-state index < -0.39 is 0 Å². The first kappa shape index (κ1) is 12.0. The van der Waals surface area contributed by atoms with Crippen molar-refractivity contribution in [1.82, 2.24) is 4.57 Å². The second-order valence-electron chi connectivity index (χ2n) is 4.46. The lowest BCUT2D eigenvalue weighted by Gasteiger charge is -2.06. The van der Waals surface area contributed by atoms with E-state index in [1.165, 1.54) is 5.56 Å². The Kier molecular flexibility index (Phi) is 3.10. The lowest BCUT2D eigenvalue weighted by atomic mass is 10.2. The SMILES string of the molecule is N#Cc1ccc2c(ccn2Cc2cccc(Br)c2)c1. The molecule has 19 heavy (non-hydrogen) atoms. The molecule has 0 fully saturated rings. The Morgan fingerprint density at radius 2 is 2.00 bits per heavy atom. The Morgan fingerprint density at radius 3 is 2.79 bits per heavy atom. The third kappa shape index (κ3) is 2.40. The van der Waals surface area contributed by atoms with Gasteiger partial charge in [-0.15, -0.1) is 0 Å². The van der Waals surface area contributed by atoms with Gasteiger partial charge in [-0.05, 0) is 42.0 Å². The first-order valence-electron chi connectivity index (χ1n) is 6.00. The van der Waals surface area contributed by atoms with E-state index >= 15 is 0 Å². The van der Waals surface area contributed by atoms with Crippen LogP contribution in [-0.2, 0) is 6.54 Å². The van der Waals surface area contributed by atoms with Crippen molar-refractivity contribution in [3.8, 4) is 6.07 Å². The smallest absolute Gasteiger partial charge is 0.0991 e. The molecule has 92 valence electrons. The average Bonchev–Trinajstić information content (AvgIpc) is 2.81. The van der Waals surface area contributed by atoms with Crippen LogP contribution in [0.3, 0.4) is 0 Å². The first-order chi connectivity index (χ1) is 9.26. The van der Waals surface area contributed by atoms with Crippen molar-refractivity contribution < 1.29 is 0 Å². The summed E-state index contributed by atoms with van der Waals surface area (Å²) in [6.45, 7) is 0.828. The lowest BCUT2D eigenvalue weighted by molar-refractivity contribution is 0.836. The topological polar surface area (TPSA) is 28.7 Å². The zero-order valence-electron chi connectivity index (χ0n) is 10.2. The summed E-state index contributed by atoms with van der Waals surface area (Å²) < 4.78 is 3.28. The molecule has 0 N–H and O–H groups in total. The summed E-state index contributed by atoms with van der Waals surface area (Å²) in [6, 6.07) is 18.3. The Balaban J connectivity index is 2.00. The third-order valence-electron chi connectivity index (χ3n) is 3.14. The summed E-state index contributed by atoms with van der Waals surface area (Å²) in [5, 5.41) is 10.0. The van der Waals surface area contributed by atoms with Crippen molar-refractivity contribution in [2.24, 2.45) is 0 Å². The van der Waals surface area contributed by atoms with Gasteiger partial charge in [0.1, 0.15) is 0 Å². The van der Waals surface area contributed by atoms with E-state index in [9.17, 15) is 0 Å². The van der Waals surface area contributed by atoms with Crippen LogP contribution >= 0.6 is 15.9 Å². The van der Waals surface area contributed by atoms with Crippen LogP contribution in [0, 0.1) is 11.3 Å². The Labute approximate surface area is 120 Å². The van der Waals surface area contributed by atoms with Crippen LogP contribution in [0.25, 0.3) is 10.9 Å². The molecule has 3 heteroatoms. The van der Waals surface area contributed by atoms with Crippen molar-refractivity contribution in [2.75, 3.05) is 0 Å². The molecule has 0 unspecified atom stereocenters. The number of hydrogen-bond donors (Lipinski definition) is 0. The highest BCUT2D eigenvalue weighted by molar-refractivity contribution is 9.10. The average molecular weight is 311 g/mol. The van der Waals surface area contributed by atoms with Crippen molar-refractivity contribution in [3.63, 3.8) is 0 Å². The molecule has 1 heterocycles. The van der Waals surface area contributed by atoms with Gasteiger partial charge in [0.25, 0.3) is 0 Å². The molecule has 0 radical (unpaired) electrons. The molecule has 0 bridgehead atoms. The zero-order chi connectivity index (χ0) is 13.2. The van der Waals surface area contributed by atoms with Crippen molar-refractivity contribution in [3.05, 3.63) is 70.3 Å². The summed E-state index contributed by atoms with van der Waals surface area (Å²) in [4.78, 5) is 0. The monoisotopic (exact) mass is 310 g/mol.